The highest BCUT2D eigenvalue weighted by Crippen LogP contribution is 2.66. The van der Waals surface area contributed by atoms with E-state index < -0.39 is 59.0 Å². The Hall–Kier alpha value is -1.52. The number of allylic oxidation sites excluding steroid dienone is 2. The fraction of sp³-hybridized carbons (Fsp3) is 0.800. The van der Waals surface area contributed by atoms with Gasteiger partial charge in [0.05, 0.1) is 0 Å². The molecule has 1 aliphatic rings. The molecular formula is C10F18. The largest absolute Gasteiger partial charge is 0.385 e. The lowest BCUT2D eigenvalue weighted by atomic mass is 9.85. The molecule has 0 aromatic heterocycles. The van der Waals surface area contributed by atoms with Gasteiger partial charge in [-0.1, -0.05) is 0 Å². The van der Waals surface area contributed by atoms with E-state index in [-0.39, 0.29) is 0 Å². The van der Waals surface area contributed by atoms with E-state index in [9.17, 15) is 79.0 Å². The number of alkyl halides is 16. The minimum absolute atomic E-state index is 5.29. The van der Waals surface area contributed by atoms with E-state index in [0.29, 0.717) is 0 Å². The molecule has 0 radical (unpaired) electrons. The van der Waals surface area contributed by atoms with Gasteiger partial charge in [0.2, 0.25) is 11.7 Å². The van der Waals surface area contributed by atoms with Crippen LogP contribution in [0, 0.1) is 0 Å². The van der Waals surface area contributed by atoms with E-state index in [0.717, 1.165) is 0 Å². The standard InChI is InChI=1S/C10F18/c11-1-2(12)4(15,16)6(19,20)8(23,24)10(27,28)9(25,26)7(21,22)5(17,18)3(1,13)14. The summed E-state index contributed by atoms with van der Waals surface area (Å²) < 4.78 is 235. The molecule has 0 N–H and O–H groups in total. The quantitative estimate of drug-likeness (QED) is 0.375. The predicted octanol–water partition coefficient (Wildman–Crippen LogP) is 6.23. The number of hydrogen-bond acceptors (Lipinski definition) is 0. The van der Waals surface area contributed by atoms with Gasteiger partial charge in [0.15, 0.2) is 0 Å². The first-order valence-electron chi connectivity index (χ1n) is 5.90. The van der Waals surface area contributed by atoms with Gasteiger partial charge in [0.25, 0.3) is 0 Å². The summed E-state index contributed by atoms with van der Waals surface area (Å²) in [5.41, 5.74) is 0. The summed E-state index contributed by atoms with van der Waals surface area (Å²) in [6, 6.07) is 0. The van der Waals surface area contributed by atoms with Crippen LogP contribution in [0.25, 0.3) is 0 Å². The molecule has 0 nitrogen and oxygen atoms in total. The van der Waals surface area contributed by atoms with Gasteiger partial charge in [-0.25, -0.2) is 8.78 Å². The highest BCUT2D eigenvalue weighted by atomic mass is 19.4. The lowest BCUT2D eigenvalue weighted by Crippen LogP contribution is -2.75. The summed E-state index contributed by atoms with van der Waals surface area (Å²) in [5, 5.41) is 0. The summed E-state index contributed by atoms with van der Waals surface area (Å²) in [5.74, 6) is -77.2. The first-order valence-corrected chi connectivity index (χ1v) is 5.90. The van der Waals surface area contributed by atoms with Gasteiger partial charge in [-0.15, -0.1) is 0 Å². The zero-order valence-electron chi connectivity index (χ0n) is 11.8. The van der Waals surface area contributed by atoms with Gasteiger partial charge < -0.3 is 0 Å². The predicted molar refractivity (Wildman–Crippen MR) is 48.8 cm³/mol. The lowest BCUT2D eigenvalue weighted by molar-refractivity contribution is -0.453. The Labute approximate surface area is 139 Å². The van der Waals surface area contributed by atoms with Crippen molar-refractivity contribution in [3.8, 4) is 0 Å². The minimum atomic E-state index is -8.62. The molecule has 0 amide bonds. The molecule has 1 rings (SSSR count). The van der Waals surface area contributed by atoms with Crippen molar-refractivity contribution in [2.75, 3.05) is 0 Å². The first kappa shape index (κ1) is 24.5. The van der Waals surface area contributed by atoms with E-state index in [1.54, 1.807) is 0 Å². The van der Waals surface area contributed by atoms with Crippen molar-refractivity contribution in [3.05, 3.63) is 11.7 Å². The van der Waals surface area contributed by atoms with E-state index in [2.05, 4.69) is 0 Å². The van der Waals surface area contributed by atoms with Crippen molar-refractivity contribution in [2.24, 2.45) is 0 Å². The van der Waals surface area contributed by atoms with Crippen molar-refractivity contribution < 1.29 is 79.0 Å². The Morgan fingerprint density at radius 3 is 0.607 bits per heavy atom. The fourth-order valence-electron chi connectivity index (χ4n) is 1.73. The molecule has 166 valence electrons. The highest BCUT2D eigenvalue weighted by molar-refractivity contribution is 5.29. The second-order valence-corrected chi connectivity index (χ2v) is 5.22. The molecule has 0 bridgehead atoms. The van der Waals surface area contributed by atoms with Gasteiger partial charge in [0.1, 0.15) is 0 Å². The Morgan fingerprint density at radius 1 is 0.286 bits per heavy atom. The van der Waals surface area contributed by atoms with Crippen molar-refractivity contribution in [2.45, 2.75) is 47.4 Å². The van der Waals surface area contributed by atoms with Crippen molar-refractivity contribution in [1.82, 2.24) is 0 Å². The molecule has 0 aromatic rings. The molecule has 0 atom stereocenters. The smallest absolute Gasteiger partial charge is 0.202 e. The third-order valence-electron chi connectivity index (χ3n) is 3.50. The summed E-state index contributed by atoms with van der Waals surface area (Å²) in [4.78, 5) is 0. The third kappa shape index (κ3) is 2.25. The van der Waals surface area contributed by atoms with Crippen LogP contribution in [0.4, 0.5) is 79.0 Å². The van der Waals surface area contributed by atoms with Gasteiger partial charge >= 0.3 is 47.4 Å². The van der Waals surface area contributed by atoms with Crippen LogP contribution in [0.2, 0.25) is 0 Å². The lowest BCUT2D eigenvalue weighted by Gasteiger charge is -2.44. The normalized spacial score (nSPS) is 31.9. The zero-order valence-corrected chi connectivity index (χ0v) is 11.8. The van der Waals surface area contributed by atoms with Crippen LogP contribution in [0.5, 0.6) is 0 Å². The Bertz CT molecular complexity index is 622. The molecule has 0 heterocycles. The van der Waals surface area contributed by atoms with Gasteiger partial charge in [-0.05, 0) is 0 Å². The molecule has 28 heavy (non-hydrogen) atoms. The van der Waals surface area contributed by atoms with Crippen LogP contribution in [-0.2, 0) is 0 Å². The minimum Gasteiger partial charge on any atom is -0.202 e. The van der Waals surface area contributed by atoms with E-state index in [1.165, 1.54) is 0 Å². The molecule has 0 aliphatic heterocycles. The topological polar surface area (TPSA) is 0 Å². The SMILES string of the molecule is FC1=C(F)C(F)(F)C(F)(F)C(F)(F)C(F)(F)C(F)(F)C(F)(F)C(F)(F)C1(F)F. The van der Waals surface area contributed by atoms with Crippen LogP contribution in [0.3, 0.4) is 0 Å². The van der Waals surface area contributed by atoms with Crippen LogP contribution in [0.15, 0.2) is 11.7 Å². The maximum absolute atomic E-state index is 13.1. The molecule has 0 aromatic carbocycles. The molecule has 0 saturated heterocycles. The summed E-state index contributed by atoms with van der Waals surface area (Å²) in [6.45, 7) is 0. The fourth-order valence-corrected chi connectivity index (χ4v) is 1.73. The molecule has 0 fully saturated rings. The van der Waals surface area contributed by atoms with E-state index >= 15 is 0 Å². The monoisotopic (exact) mass is 462 g/mol. The second-order valence-electron chi connectivity index (χ2n) is 5.22. The van der Waals surface area contributed by atoms with Crippen LogP contribution in [0.1, 0.15) is 0 Å². The molecule has 0 spiro atoms. The van der Waals surface area contributed by atoms with E-state index in [4.69, 9.17) is 0 Å². The molecule has 18 heteroatoms. The van der Waals surface area contributed by atoms with Crippen LogP contribution >= 0.6 is 0 Å². The van der Waals surface area contributed by atoms with Gasteiger partial charge in [-0.2, -0.15) is 70.2 Å². The van der Waals surface area contributed by atoms with Crippen molar-refractivity contribution in [3.63, 3.8) is 0 Å². The number of rotatable bonds is 0. The Kier molecular flexibility index (Phi) is 4.85. The van der Waals surface area contributed by atoms with Crippen LogP contribution < -0.4 is 0 Å². The number of hydrogen-bond donors (Lipinski definition) is 0. The summed E-state index contributed by atoms with van der Waals surface area (Å²) in [6.07, 6.45) is 0. The number of halogens is 18. The molecule has 0 unspecified atom stereocenters. The third-order valence-corrected chi connectivity index (χ3v) is 3.50. The first-order chi connectivity index (χ1) is 11.8. The molecule has 1 aliphatic carbocycles. The highest BCUT2D eigenvalue weighted by Gasteiger charge is 2.96. The maximum atomic E-state index is 13.1. The summed E-state index contributed by atoms with van der Waals surface area (Å²) >= 11 is 0. The van der Waals surface area contributed by atoms with Gasteiger partial charge in [0, 0.05) is 0 Å². The molecular weight excluding hydrogens is 462 g/mol. The Morgan fingerprint density at radius 2 is 0.429 bits per heavy atom. The average molecular weight is 462 g/mol. The van der Waals surface area contributed by atoms with Crippen molar-refractivity contribution >= 4 is 0 Å². The maximum Gasteiger partial charge on any atom is 0.385 e. The summed E-state index contributed by atoms with van der Waals surface area (Å²) in [7, 11) is 0. The van der Waals surface area contributed by atoms with E-state index in [1.807, 2.05) is 0 Å². The zero-order chi connectivity index (χ0) is 23.2. The molecule has 0 saturated carbocycles. The van der Waals surface area contributed by atoms with Crippen LogP contribution in [-0.4, -0.2) is 47.4 Å². The second kappa shape index (κ2) is 5.54. The van der Waals surface area contributed by atoms with Crippen molar-refractivity contribution in [1.29, 1.82) is 0 Å². The van der Waals surface area contributed by atoms with Gasteiger partial charge in [-0.3, -0.25) is 0 Å². The Balaban J connectivity index is 4.29. The average Bonchev–Trinajstić information content (AvgIpc) is 2.50.